The van der Waals surface area contributed by atoms with Crippen molar-refractivity contribution >= 4 is 24.3 Å². The van der Waals surface area contributed by atoms with Crippen LogP contribution >= 0.6 is 0 Å². The number of hydrogen-bond acceptors (Lipinski definition) is 3. The molecule has 150 valence electrons. The van der Waals surface area contributed by atoms with Gasteiger partial charge < -0.3 is 19.0 Å². The largest absolute Gasteiger partial charge is 0.491 e. The number of nitrogens with zero attached hydrogens (tertiary/aromatic N) is 2. The van der Waals surface area contributed by atoms with Gasteiger partial charge in [-0.15, -0.1) is 0 Å². The van der Waals surface area contributed by atoms with Crippen LogP contribution in [0.1, 0.15) is 5.56 Å². The van der Waals surface area contributed by atoms with E-state index < -0.39 is 6.10 Å². The van der Waals surface area contributed by atoms with E-state index >= 15 is 0 Å². The predicted octanol–water partition coefficient (Wildman–Crippen LogP) is 2.34. The van der Waals surface area contributed by atoms with Gasteiger partial charge in [-0.25, -0.2) is 4.39 Å². The summed E-state index contributed by atoms with van der Waals surface area (Å²) in [7, 11) is 5.77. The number of benzene rings is 3. The number of rotatable bonds is 7. The van der Waals surface area contributed by atoms with E-state index in [2.05, 4.69) is 0 Å². The van der Waals surface area contributed by atoms with E-state index in [0.717, 1.165) is 16.6 Å². The van der Waals surface area contributed by atoms with Crippen LogP contribution in [0.2, 0.25) is 0 Å². The molecule has 0 saturated carbocycles. The first kappa shape index (κ1) is 20.0. The van der Waals surface area contributed by atoms with Crippen LogP contribution in [-0.4, -0.2) is 34.8 Å². The number of halogens is 1. The van der Waals surface area contributed by atoms with Crippen LogP contribution in [0.4, 0.5) is 4.39 Å². The van der Waals surface area contributed by atoms with Gasteiger partial charge in [-0.2, -0.15) is 0 Å². The van der Waals surface area contributed by atoms with E-state index in [1.807, 2.05) is 53.1 Å². The maximum Gasteiger partial charge on any atom is 0.203 e. The molecule has 0 aliphatic carbocycles. The van der Waals surface area contributed by atoms with Gasteiger partial charge >= 0.3 is 0 Å². The highest BCUT2D eigenvalue weighted by atomic mass is 19.1. The maximum absolute atomic E-state index is 13.0. The Morgan fingerprint density at radius 3 is 2.23 bits per heavy atom. The number of imidazole rings is 1. The smallest absolute Gasteiger partial charge is 0.203 e. The molecule has 5 nitrogen and oxygen atoms in total. The summed E-state index contributed by atoms with van der Waals surface area (Å²) < 4.78 is 22.2. The molecule has 3 aromatic carbocycles. The van der Waals surface area contributed by atoms with E-state index in [9.17, 15) is 9.50 Å². The second-order valence-electron chi connectivity index (χ2n) is 7.17. The normalized spacial score (nSPS) is 12.2. The van der Waals surface area contributed by atoms with Gasteiger partial charge in [-0.05, 0) is 42.0 Å². The molecule has 30 heavy (non-hydrogen) atoms. The fourth-order valence-electron chi connectivity index (χ4n) is 3.43. The minimum Gasteiger partial charge on any atom is -0.491 e. The lowest BCUT2D eigenvalue weighted by Crippen LogP contribution is -2.31. The average molecular weight is 401 g/mol. The van der Waals surface area contributed by atoms with Crippen LogP contribution in [-0.2, 0) is 13.1 Å². The zero-order chi connectivity index (χ0) is 21.1. The Balaban J connectivity index is 1.56. The molecule has 0 spiro atoms. The fraction of sp³-hybridized carbons (Fsp3) is 0.174. The number of ether oxygens (including phenoxy) is 1. The fourth-order valence-corrected chi connectivity index (χ4v) is 3.43. The van der Waals surface area contributed by atoms with Crippen molar-refractivity contribution < 1.29 is 14.2 Å². The molecular formula is C23H21BFN3O2. The number of hydrogen-bond donors (Lipinski definition) is 2. The van der Waals surface area contributed by atoms with Crippen molar-refractivity contribution in [2.45, 2.75) is 19.2 Å². The van der Waals surface area contributed by atoms with Crippen LogP contribution < -0.4 is 15.8 Å². The molecule has 1 aromatic heterocycles. The monoisotopic (exact) mass is 401 g/mol. The molecule has 0 saturated heterocycles. The van der Waals surface area contributed by atoms with E-state index in [1.165, 1.54) is 24.3 Å². The zero-order valence-corrected chi connectivity index (χ0v) is 16.3. The van der Waals surface area contributed by atoms with Gasteiger partial charge in [0.25, 0.3) is 0 Å². The average Bonchev–Trinajstić information content (AvgIpc) is 3.01. The summed E-state index contributed by atoms with van der Waals surface area (Å²) in [4.78, 5) is 0. The number of aliphatic hydroxyl groups excluding tert-OH is 1. The van der Waals surface area contributed by atoms with E-state index in [4.69, 9.17) is 18.0 Å². The van der Waals surface area contributed by atoms with Crippen molar-refractivity contribution in [3.8, 4) is 5.75 Å². The Labute approximate surface area is 174 Å². The number of fused-ring (bicyclic) bond motifs is 1. The Bertz CT molecular complexity index is 1200. The van der Waals surface area contributed by atoms with Gasteiger partial charge in [0.1, 0.15) is 32.1 Å². The lowest BCUT2D eigenvalue weighted by atomic mass is 9.95. The van der Waals surface area contributed by atoms with Gasteiger partial charge in [-0.3, -0.25) is 5.41 Å². The first-order valence-corrected chi connectivity index (χ1v) is 9.65. The molecule has 0 amide bonds. The van der Waals surface area contributed by atoms with Crippen LogP contribution in [0.25, 0.3) is 11.0 Å². The summed E-state index contributed by atoms with van der Waals surface area (Å²) >= 11 is 0. The molecule has 1 heterocycles. The molecule has 0 aliphatic heterocycles. The number of aliphatic hydroxyl groups is 1. The lowest BCUT2D eigenvalue weighted by molar-refractivity contribution is 0.0921. The Morgan fingerprint density at radius 1 is 0.933 bits per heavy atom. The molecule has 4 aromatic rings. The third-order valence-electron chi connectivity index (χ3n) is 4.94. The molecule has 4 rings (SSSR count). The van der Waals surface area contributed by atoms with E-state index in [1.54, 1.807) is 4.57 Å². The second-order valence-corrected chi connectivity index (χ2v) is 7.17. The van der Waals surface area contributed by atoms with Crippen molar-refractivity contribution in [1.29, 1.82) is 5.41 Å². The van der Waals surface area contributed by atoms with Gasteiger partial charge in [0.2, 0.25) is 5.62 Å². The van der Waals surface area contributed by atoms with Crippen LogP contribution in [0.3, 0.4) is 0 Å². The summed E-state index contributed by atoms with van der Waals surface area (Å²) in [6.45, 7) is 0.764. The molecule has 7 heteroatoms. The SMILES string of the molecule is [B]c1ccc(Cn2c(=N)n(CC(O)COc3ccc(F)cc3)c3ccccc32)cc1. The van der Waals surface area contributed by atoms with Crippen molar-refractivity contribution in [2.24, 2.45) is 0 Å². The lowest BCUT2D eigenvalue weighted by Gasteiger charge is -2.14. The van der Waals surface area contributed by atoms with Crippen LogP contribution in [0.5, 0.6) is 5.75 Å². The summed E-state index contributed by atoms with van der Waals surface area (Å²) in [5, 5.41) is 19.2. The third kappa shape index (κ3) is 4.31. The molecule has 1 unspecified atom stereocenters. The van der Waals surface area contributed by atoms with E-state index in [0.29, 0.717) is 17.8 Å². The van der Waals surface area contributed by atoms with Gasteiger partial charge in [0.15, 0.2) is 0 Å². The molecule has 2 N–H and O–H groups in total. The first-order valence-electron chi connectivity index (χ1n) is 9.65. The standard InChI is InChI=1S/C23H21BFN3O2/c24-17-7-5-16(6-8-17)13-27-21-3-1-2-4-22(21)28(23(27)26)14-19(29)15-30-20-11-9-18(25)10-12-20/h1-12,19,26,29H,13-15H2. The number of para-hydroxylation sites is 2. The van der Waals surface area contributed by atoms with Crippen LogP contribution in [0.15, 0.2) is 72.8 Å². The Hall–Kier alpha value is -3.32. The predicted molar refractivity (Wildman–Crippen MR) is 115 cm³/mol. The minimum atomic E-state index is -0.833. The topological polar surface area (TPSA) is 63.2 Å². The first-order chi connectivity index (χ1) is 14.5. The molecule has 0 bridgehead atoms. The maximum atomic E-state index is 13.0. The highest BCUT2D eigenvalue weighted by molar-refractivity contribution is 6.32. The summed E-state index contributed by atoms with van der Waals surface area (Å²) in [5.41, 5.74) is 3.78. The van der Waals surface area contributed by atoms with Crippen molar-refractivity contribution in [3.05, 3.63) is 89.8 Å². The van der Waals surface area contributed by atoms with Gasteiger partial charge in [-0.1, -0.05) is 41.9 Å². The third-order valence-corrected chi connectivity index (χ3v) is 4.94. The number of nitrogens with one attached hydrogen (secondary N) is 1. The Morgan fingerprint density at radius 2 is 1.57 bits per heavy atom. The van der Waals surface area contributed by atoms with Gasteiger partial charge in [0, 0.05) is 0 Å². The number of aromatic nitrogens is 2. The quantitative estimate of drug-likeness (QED) is 0.467. The second kappa shape index (κ2) is 8.59. The Kier molecular flexibility index (Phi) is 5.72. The van der Waals surface area contributed by atoms with Gasteiger partial charge in [0.05, 0.1) is 24.1 Å². The van der Waals surface area contributed by atoms with Crippen LogP contribution in [0, 0.1) is 11.2 Å². The highest BCUT2D eigenvalue weighted by Crippen LogP contribution is 2.16. The van der Waals surface area contributed by atoms with Crippen molar-refractivity contribution in [1.82, 2.24) is 9.13 Å². The highest BCUT2D eigenvalue weighted by Gasteiger charge is 2.15. The molecular weight excluding hydrogens is 380 g/mol. The molecule has 0 fully saturated rings. The molecule has 2 radical (unpaired) electrons. The van der Waals surface area contributed by atoms with E-state index in [-0.39, 0.29) is 24.6 Å². The summed E-state index contributed by atoms with van der Waals surface area (Å²) in [6, 6.07) is 21.0. The zero-order valence-electron chi connectivity index (χ0n) is 16.3. The summed E-state index contributed by atoms with van der Waals surface area (Å²) in [6.07, 6.45) is -0.833. The van der Waals surface area contributed by atoms with Crippen molar-refractivity contribution in [2.75, 3.05) is 6.61 Å². The minimum absolute atomic E-state index is 0.0372. The molecule has 0 aliphatic rings. The summed E-state index contributed by atoms with van der Waals surface area (Å²) in [5.74, 6) is 0.142. The molecule has 1 atom stereocenters. The van der Waals surface area contributed by atoms with Crippen molar-refractivity contribution in [3.63, 3.8) is 0 Å².